The molecule has 0 unspecified atom stereocenters. The van der Waals surface area contributed by atoms with E-state index in [-0.39, 0.29) is 17.7 Å². The van der Waals surface area contributed by atoms with Crippen LogP contribution in [0.1, 0.15) is 21.1 Å². The lowest BCUT2D eigenvalue weighted by molar-refractivity contribution is 0.0923. The molecule has 2 aromatic heterocycles. The molecule has 0 fully saturated rings. The Hall–Kier alpha value is -2.96. The first-order valence-corrected chi connectivity index (χ1v) is 9.78. The topological polar surface area (TPSA) is 72.2 Å². The highest BCUT2D eigenvalue weighted by molar-refractivity contribution is 7.09. The van der Waals surface area contributed by atoms with Crippen LogP contribution in [0.2, 0.25) is 5.02 Å². The quantitative estimate of drug-likeness (QED) is 0.524. The molecule has 4 rings (SSSR count). The first kappa shape index (κ1) is 18.4. The normalized spacial score (nSPS) is 10.9. The van der Waals surface area contributed by atoms with Gasteiger partial charge in [-0.25, -0.2) is 4.98 Å². The average molecular weight is 411 g/mol. The summed E-state index contributed by atoms with van der Waals surface area (Å²) in [6.45, 7) is 2.14. The number of carbonyl (C=O) groups excluding carboxylic acids is 1. The number of thiazole rings is 1. The number of halogens is 1. The van der Waals surface area contributed by atoms with E-state index in [1.54, 1.807) is 24.3 Å². The number of amides is 1. The first-order chi connectivity index (χ1) is 13.5. The zero-order valence-electron chi connectivity index (χ0n) is 14.9. The van der Waals surface area contributed by atoms with E-state index in [4.69, 9.17) is 16.0 Å². The molecule has 2 heterocycles. The Kier molecular flexibility index (Phi) is 4.98. The van der Waals surface area contributed by atoms with Crippen LogP contribution in [0.15, 0.2) is 63.1 Å². The monoisotopic (exact) mass is 410 g/mol. The largest absolute Gasteiger partial charge is 0.451 e. The molecule has 1 N–H and O–H groups in total. The number of aryl methyl sites for hydroxylation is 1. The van der Waals surface area contributed by atoms with Crippen molar-refractivity contribution in [2.45, 2.75) is 13.5 Å². The predicted molar refractivity (Wildman–Crippen MR) is 111 cm³/mol. The van der Waals surface area contributed by atoms with Crippen molar-refractivity contribution in [3.63, 3.8) is 0 Å². The highest BCUT2D eigenvalue weighted by atomic mass is 35.5. The number of hydrogen-bond acceptors (Lipinski definition) is 5. The number of hydrogen-bond donors (Lipinski definition) is 1. The van der Waals surface area contributed by atoms with Crippen LogP contribution in [0.5, 0.6) is 0 Å². The smallest absolute Gasteiger partial charge is 0.287 e. The number of nitrogens with one attached hydrogen (secondary N) is 1. The molecular weight excluding hydrogens is 396 g/mol. The summed E-state index contributed by atoms with van der Waals surface area (Å²) < 4.78 is 5.59. The van der Waals surface area contributed by atoms with Crippen molar-refractivity contribution in [2.24, 2.45) is 0 Å². The maximum absolute atomic E-state index is 12.4. The molecule has 0 spiro atoms. The van der Waals surface area contributed by atoms with Gasteiger partial charge in [-0.15, -0.1) is 11.3 Å². The van der Waals surface area contributed by atoms with Crippen molar-refractivity contribution in [3.05, 3.63) is 85.5 Å². The third-order valence-electron chi connectivity index (χ3n) is 4.20. The van der Waals surface area contributed by atoms with Gasteiger partial charge in [0.05, 0.1) is 17.6 Å². The molecule has 5 nitrogen and oxygen atoms in total. The van der Waals surface area contributed by atoms with E-state index >= 15 is 0 Å². The van der Waals surface area contributed by atoms with Crippen LogP contribution in [-0.4, -0.2) is 10.9 Å². The Morgan fingerprint density at radius 2 is 1.96 bits per heavy atom. The van der Waals surface area contributed by atoms with Crippen LogP contribution in [-0.2, 0) is 6.54 Å². The molecule has 0 aliphatic rings. The summed E-state index contributed by atoms with van der Waals surface area (Å²) in [6, 6.07) is 13.9. The summed E-state index contributed by atoms with van der Waals surface area (Å²) in [5, 5.41) is 6.54. The minimum atomic E-state index is -0.456. The fourth-order valence-corrected chi connectivity index (χ4v) is 3.64. The van der Waals surface area contributed by atoms with E-state index in [9.17, 15) is 9.59 Å². The van der Waals surface area contributed by atoms with Gasteiger partial charge < -0.3 is 9.73 Å². The van der Waals surface area contributed by atoms with Crippen molar-refractivity contribution in [3.8, 4) is 11.3 Å². The van der Waals surface area contributed by atoms with Crippen molar-refractivity contribution < 1.29 is 9.21 Å². The molecule has 0 aliphatic carbocycles. The van der Waals surface area contributed by atoms with Gasteiger partial charge in [0.15, 0.2) is 11.2 Å². The standard InChI is InChI=1S/C21H15ClN2O3S/c1-12-2-7-18-15(8-12)17(25)9-19(27-18)21(26)23-10-20-24-16(11-28-20)13-3-5-14(22)6-4-13/h2-9,11H,10H2,1H3,(H,23,26). The van der Waals surface area contributed by atoms with Crippen LogP contribution in [0.3, 0.4) is 0 Å². The number of rotatable bonds is 4. The summed E-state index contributed by atoms with van der Waals surface area (Å²) in [5.41, 5.74) is 2.88. The second-order valence-electron chi connectivity index (χ2n) is 6.29. The molecule has 140 valence electrons. The SMILES string of the molecule is Cc1ccc2oc(C(=O)NCc3nc(-c4ccc(Cl)cc4)cs3)cc(=O)c2c1. The Balaban J connectivity index is 1.49. The second-order valence-corrected chi connectivity index (χ2v) is 7.67. The van der Waals surface area contributed by atoms with Gasteiger partial charge >= 0.3 is 0 Å². The Bertz CT molecular complexity index is 1230. The third-order valence-corrected chi connectivity index (χ3v) is 5.30. The van der Waals surface area contributed by atoms with Crippen molar-refractivity contribution >= 4 is 39.8 Å². The minimum absolute atomic E-state index is 0.0177. The molecule has 4 aromatic rings. The summed E-state index contributed by atoms with van der Waals surface area (Å²) in [4.78, 5) is 29.2. The van der Waals surface area contributed by atoms with E-state index in [2.05, 4.69) is 10.3 Å². The van der Waals surface area contributed by atoms with E-state index < -0.39 is 5.91 Å². The molecule has 7 heteroatoms. The molecule has 28 heavy (non-hydrogen) atoms. The number of fused-ring (bicyclic) bond motifs is 1. The number of benzene rings is 2. The number of nitrogens with zero attached hydrogens (tertiary/aromatic N) is 1. The van der Waals surface area contributed by atoms with E-state index in [1.807, 2.05) is 30.5 Å². The second kappa shape index (κ2) is 7.58. The lowest BCUT2D eigenvalue weighted by Gasteiger charge is -2.04. The maximum atomic E-state index is 12.4. The zero-order valence-corrected chi connectivity index (χ0v) is 16.4. The van der Waals surface area contributed by atoms with Gasteiger partial charge in [-0.3, -0.25) is 9.59 Å². The molecule has 1 amide bonds. The average Bonchev–Trinajstić information content (AvgIpc) is 3.16. The van der Waals surface area contributed by atoms with Crippen LogP contribution < -0.4 is 10.7 Å². The molecular formula is C21H15ClN2O3S. The van der Waals surface area contributed by atoms with Crippen LogP contribution in [0.25, 0.3) is 22.2 Å². The van der Waals surface area contributed by atoms with Gasteiger partial charge in [-0.2, -0.15) is 0 Å². The molecule has 0 radical (unpaired) electrons. The van der Waals surface area contributed by atoms with E-state index in [0.29, 0.717) is 16.0 Å². The lowest BCUT2D eigenvalue weighted by Crippen LogP contribution is -2.24. The maximum Gasteiger partial charge on any atom is 0.287 e. The predicted octanol–water partition coefficient (Wildman–Crippen LogP) is 4.81. The van der Waals surface area contributed by atoms with E-state index in [1.165, 1.54) is 17.4 Å². The fourth-order valence-electron chi connectivity index (χ4n) is 2.77. The zero-order chi connectivity index (χ0) is 19.7. The number of carbonyl (C=O) groups is 1. The van der Waals surface area contributed by atoms with Gasteiger partial charge in [0.25, 0.3) is 5.91 Å². The summed E-state index contributed by atoms with van der Waals surface area (Å²) >= 11 is 7.35. The minimum Gasteiger partial charge on any atom is -0.451 e. The highest BCUT2D eigenvalue weighted by Crippen LogP contribution is 2.23. The molecule has 0 aliphatic heterocycles. The van der Waals surface area contributed by atoms with Crippen LogP contribution >= 0.6 is 22.9 Å². The fraction of sp³-hybridized carbons (Fsp3) is 0.0952. The van der Waals surface area contributed by atoms with Crippen molar-refractivity contribution in [2.75, 3.05) is 0 Å². The van der Waals surface area contributed by atoms with Crippen LogP contribution in [0, 0.1) is 6.92 Å². The summed E-state index contributed by atoms with van der Waals surface area (Å²) in [6.07, 6.45) is 0. The van der Waals surface area contributed by atoms with Gasteiger partial charge in [0, 0.05) is 22.0 Å². The van der Waals surface area contributed by atoms with Gasteiger partial charge in [0.1, 0.15) is 10.6 Å². The van der Waals surface area contributed by atoms with E-state index in [0.717, 1.165) is 21.8 Å². The molecule has 0 saturated heterocycles. The van der Waals surface area contributed by atoms with Gasteiger partial charge in [-0.05, 0) is 31.2 Å². The highest BCUT2D eigenvalue weighted by Gasteiger charge is 2.13. The van der Waals surface area contributed by atoms with Crippen molar-refractivity contribution in [1.82, 2.24) is 10.3 Å². The molecule has 0 atom stereocenters. The Morgan fingerprint density at radius 3 is 2.75 bits per heavy atom. The lowest BCUT2D eigenvalue weighted by atomic mass is 10.1. The summed E-state index contributed by atoms with van der Waals surface area (Å²) in [5.74, 6) is -0.473. The Morgan fingerprint density at radius 1 is 1.18 bits per heavy atom. The molecule has 0 saturated carbocycles. The van der Waals surface area contributed by atoms with Gasteiger partial charge in [0.2, 0.25) is 0 Å². The summed E-state index contributed by atoms with van der Waals surface area (Å²) in [7, 11) is 0. The number of aromatic nitrogens is 1. The first-order valence-electron chi connectivity index (χ1n) is 8.53. The van der Waals surface area contributed by atoms with Gasteiger partial charge in [-0.1, -0.05) is 35.4 Å². The van der Waals surface area contributed by atoms with Crippen molar-refractivity contribution in [1.29, 1.82) is 0 Å². The van der Waals surface area contributed by atoms with Crippen LogP contribution in [0.4, 0.5) is 0 Å². The third kappa shape index (κ3) is 3.83. The molecule has 2 aromatic carbocycles. The Labute approximate surface area is 169 Å². The molecule has 0 bridgehead atoms.